The molecule has 0 spiro atoms. The molecule has 1 N–H and O–H groups in total. The molecule has 0 aliphatic carbocycles. The lowest BCUT2D eigenvalue weighted by atomic mass is 10.1. The second-order valence-corrected chi connectivity index (χ2v) is 4.33. The van der Waals surface area contributed by atoms with Crippen molar-refractivity contribution in [1.29, 1.82) is 0 Å². The van der Waals surface area contributed by atoms with E-state index in [2.05, 4.69) is 10.3 Å². The molecule has 0 saturated heterocycles. The normalized spacial score (nSPS) is 12.2. The molecule has 1 unspecified atom stereocenters. The van der Waals surface area contributed by atoms with Crippen molar-refractivity contribution in [2.45, 2.75) is 19.4 Å². The summed E-state index contributed by atoms with van der Waals surface area (Å²) < 4.78 is 39.1. The number of aromatic nitrogens is 1. The van der Waals surface area contributed by atoms with Crippen LogP contribution < -0.4 is 5.32 Å². The Hall–Kier alpha value is -2.04. The van der Waals surface area contributed by atoms with Gasteiger partial charge >= 0.3 is 0 Å². The molecule has 0 aliphatic heterocycles. The number of hydrogen-bond acceptors (Lipinski definition) is 2. The van der Waals surface area contributed by atoms with Gasteiger partial charge in [0, 0.05) is 12.1 Å². The molecular weight excluding hydrogens is 253 g/mol. The number of pyridine rings is 1. The fourth-order valence-electron chi connectivity index (χ4n) is 1.80. The van der Waals surface area contributed by atoms with Crippen molar-refractivity contribution < 1.29 is 13.2 Å². The van der Waals surface area contributed by atoms with Crippen LogP contribution in [0.1, 0.15) is 12.5 Å². The lowest BCUT2D eigenvalue weighted by Crippen LogP contribution is -2.20. The summed E-state index contributed by atoms with van der Waals surface area (Å²) in [5, 5.41) is 2.73. The molecule has 1 heterocycles. The zero-order chi connectivity index (χ0) is 13.8. The molecule has 2 rings (SSSR count). The summed E-state index contributed by atoms with van der Waals surface area (Å²) in [5.41, 5.74) is 1.06. The first-order valence-corrected chi connectivity index (χ1v) is 5.88. The second-order valence-electron chi connectivity index (χ2n) is 4.33. The van der Waals surface area contributed by atoms with Crippen LogP contribution >= 0.6 is 0 Å². The molecule has 0 aliphatic rings. The quantitative estimate of drug-likeness (QED) is 0.856. The zero-order valence-corrected chi connectivity index (χ0v) is 10.3. The van der Waals surface area contributed by atoms with Crippen LogP contribution in [0.3, 0.4) is 0 Å². The maximum absolute atomic E-state index is 13.4. The number of nitrogens with one attached hydrogen (secondary N) is 1. The Bertz CT molecular complexity index is 558. The first-order valence-electron chi connectivity index (χ1n) is 5.88. The van der Waals surface area contributed by atoms with Crippen LogP contribution in [0.2, 0.25) is 0 Å². The van der Waals surface area contributed by atoms with Crippen molar-refractivity contribution in [1.82, 2.24) is 4.98 Å². The monoisotopic (exact) mass is 266 g/mol. The number of hydrogen-bond donors (Lipinski definition) is 1. The standard InChI is InChI=1S/C14H13F3N2/c1-9(7-10-5-3-2-4-6-10)18-14-12(16)8-11(15)13(17)19-14/h2-6,8-9H,7H2,1H3,(H,18,19). The molecule has 5 heteroatoms. The molecule has 0 radical (unpaired) electrons. The van der Waals surface area contributed by atoms with Crippen LogP contribution in [0.15, 0.2) is 36.4 Å². The van der Waals surface area contributed by atoms with E-state index in [1.165, 1.54) is 0 Å². The van der Waals surface area contributed by atoms with Gasteiger partial charge < -0.3 is 5.32 Å². The van der Waals surface area contributed by atoms with Crippen LogP contribution in [-0.2, 0) is 6.42 Å². The Morgan fingerprint density at radius 3 is 2.47 bits per heavy atom. The third-order valence-electron chi connectivity index (χ3n) is 2.65. The molecule has 19 heavy (non-hydrogen) atoms. The van der Waals surface area contributed by atoms with E-state index in [0.717, 1.165) is 5.56 Å². The number of halogens is 3. The Morgan fingerprint density at radius 1 is 1.11 bits per heavy atom. The highest BCUT2D eigenvalue weighted by atomic mass is 19.2. The zero-order valence-electron chi connectivity index (χ0n) is 10.3. The summed E-state index contributed by atoms with van der Waals surface area (Å²) in [7, 11) is 0. The molecule has 0 bridgehead atoms. The topological polar surface area (TPSA) is 24.9 Å². The van der Waals surface area contributed by atoms with Crippen LogP contribution in [0, 0.1) is 17.6 Å². The van der Waals surface area contributed by atoms with Gasteiger partial charge in [0.2, 0.25) is 0 Å². The van der Waals surface area contributed by atoms with Crippen LogP contribution in [-0.4, -0.2) is 11.0 Å². The fourth-order valence-corrected chi connectivity index (χ4v) is 1.80. The van der Waals surface area contributed by atoms with E-state index in [1.54, 1.807) is 0 Å². The predicted molar refractivity (Wildman–Crippen MR) is 67.3 cm³/mol. The average Bonchev–Trinajstić information content (AvgIpc) is 2.37. The first-order chi connectivity index (χ1) is 9.06. The van der Waals surface area contributed by atoms with E-state index in [1.807, 2.05) is 37.3 Å². The van der Waals surface area contributed by atoms with E-state index in [4.69, 9.17) is 0 Å². The molecule has 0 amide bonds. The first kappa shape index (κ1) is 13.4. The molecule has 2 nitrogen and oxygen atoms in total. The van der Waals surface area contributed by atoms with Crippen molar-refractivity contribution in [2.75, 3.05) is 5.32 Å². The van der Waals surface area contributed by atoms with Gasteiger partial charge in [0.05, 0.1) is 0 Å². The molecule has 0 saturated carbocycles. The number of anilines is 1. The summed E-state index contributed by atoms with van der Waals surface area (Å²) in [4.78, 5) is 3.23. The number of rotatable bonds is 4. The minimum absolute atomic E-state index is 0.158. The smallest absolute Gasteiger partial charge is 0.251 e. The summed E-state index contributed by atoms with van der Waals surface area (Å²) in [5.74, 6) is -3.78. The maximum atomic E-state index is 13.4. The van der Waals surface area contributed by atoms with E-state index < -0.39 is 17.6 Å². The van der Waals surface area contributed by atoms with Crippen molar-refractivity contribution in [2.24, 2.45) is 0 Å². The Balaban J connectivity index is 2.07. The van der Waals surface area contributed by atoms with Crippen molar-refractivity contribution in [3.63, 3.8) is 0 Å². The predicted octanol–water partition coefficient (Wildman–Crippen LogP) is 3.54. The van der Waals surface area contributed by atoms with Gasteiger partial charge in [-0.15, -0.1) is 0 Å². The highest BCUT2D eigenvalue weighted by molar-refractivity contribution is 5.37. The molecule has 1 aromatic heterocycles. The van der Waals surface area contributed by atoms with E-state index in [9.17, 15) is 13.2 Å². The van der Waals surface area contributed by atoms with E-state index in [-0.39, 0.29) is 11.9 Å². The van der Waals surface area contributed by atoms with Gasteiger partial charge in [0.1, 0.15) is 0 Å². The number of nitrogens with zero attached hydrogens (tertiary/aromatic N) is 1. The Labute approximate surface area is 109 Å². The van der Waals surface area contributed by atoms with Gasteiger partial charge in [-0.25, -0.2) is 8.78 Å². The van der Waals surface area contributed by atoms with E-state index in [0.29, 0.717) is 12.5 Å². The number of benzene rings is 1. The van der Waals surface area contributed by atoms with Gasteiger partial charge in [-0.2, -0.15) is 9.37 Å². The third-order valence-corrected chi connectivity index (χ3v) is 2.65. The van der Waals surface area contributed by atoms with Crippen LogP contribution in [0.25, 0.3) is 0 Å². The van der Waals surface area contributed by atoms with Crippen molar-refractivity contribution >= 4 is 5.82 Å². The molecule has 1 atom stereocenters. The minimum atomic E-state index is -1.31. The summed E-state index contributed by atoms with van der Waals surface area (Å²) in [6.45, 7) is 1.81. The molecule has 0 fully saturated rings. The van der Waals surface area contributed by atoms with Crippen LogP contribution in [0.5, 0.6) is 0 Å². The second kappa shape index (κ2) is 5.73. The van der Waals surface area contributed by atoms with Gasteiger partial charge in [-0.1, -0.05) is 30.3 Å². The fraction of sp³-hybridized carbons (Fsp3) is 0.214. The third kappa shape index (κ3) is 3.47. The highest BCUT2D eigenvalue weighted by Crippen LogP contribution is 2.16. The highest BCUT2D eigenvalue weighted by Gasteiger charge is 2.13. The summed E-state index contributed by atoms with van der Waals surface area (Å²) in [6, 6.07) is 9.91. The lowest BCUT2D eigenvalue weighted by molar-refractivity contribution is 0.465. The molecule has 100 valence electrons. The van der Waals surface area contributed by atoms with Gasteiger partial charge in [0.15, 0.2) is 17.5 Å². The molecule has 1 aromatic carbocycles. The minimum Gasteiger partial charge on any atom is -0.365 e. The van der Waals surface area contributed by atoms with Gasteiger partial charge in [0.25, 0.3) is 5.95 Å². The van der Waals surface area contributed by atoms with Crippen molar-refractivity contribution in [3.05, 3.63) is 59.5 Å². The SMILES string of the molecule is CC(Cc1ccccc1)Nc1nc(F)c(F)cc1F. The van der Waals surface area contributed by atoms with Gasteiger partial charge in [-0.05, 0) is 18.9 Å². The van der Waals surface area contributed by atoms with Crippen molar-refractivity contribution in [3.8, 4) is 0 Å². The summed E-state index contributed by atoms with van der Waals surface area (Å²) >= 11 is 0. The molecular formula is C14H13F3N2. The van der Waals surface area contributed by atoms with Gasteiger partial charge in [-0.3, -0.25) is 0 Å². The maximum Gasteiger partial charge on any atom is 0.251 e. The Kier molecular flexibility index (Phi) is 4.04. The molecule has 2 aromatic rings. The largest absolute Gasteiger partial charge is 0.365 e. The van der Waals surface area contributed by atoms with Crippen LogP contribution in [0.4, 0.5) is 19.0 Å². The summed E-state index contributed by atoms with van der Waals surface area (Å²) in [6.07, 6.45) is 0.626. The lowest BCUT2D eigenvalue weighted by Gasteiger charge is -2.15. The average molecular weight is 266 g/mol. The Morgan fingerprint density at radius 2 is 1.79 bits per heavy atom. The van der Waals surface area contributed by atoms with E-state index >= 15 is 0 Å².